The summed E-state index contributed by atoms with van der Waals surface area (Å²) in [4.78, 5) is 16.2. The van der Waals surface area contributed by atoms with Crippen LogP contribution in [0.2, 0.25) is 0 Å². The Labute approximate surface area is 120 Å². The summed E-state index contributed by atoms with van der Waals surface area (Å²) in [5.41, 5.74) is 1.31. The van der Waals surface area contributed by atoms with E-state index in [-0.39, 0.29) is 12.0 Å². The molecular formula is C16H22N2O2. The number of benzene rings is 1. The van der Waals surface area contributed by atoms with Crippen LogP contribution in [0.4, 0.5) is 0 Å². The van der Waals surface area contributed by atoms with E-state index in [0.29, 0.717) is 0 Å². The average Bonchev–Trinajstić information content (AvgIpc) is 2.73. The molecule has 0 bridgehead atoms. The summed E-state index contributed by atoms with van der Waals surface area (Å²) >= 11 is 0. The van der Waals surface area contributed by atoms with E-state index in [9.17, 15) is 9.90 Å². The van der Waals surface area contributed by atoms with Gasteiger partial charge in [-0.2, -0.15) is 0 Å². The number of carboxylic acids is 1. The SMILES string of the molecule is O=C(O)C1CCN2CCCN(Cc3ccccc3)CC12. The first-order valence-corrected chi connectivity index (χ1v) is 7.47. The Morgan fingerprint density at radius 2 is 2.00 bits per heavy atom. The lowest BCUT2D eigenvalue weighted by atomic mass is 10.00. The maximum absolute atomic E-state index is 11.4. The second-order valence-electron chi connectivity index (χ2n) is 5.91. The molecule has 2 unspecified atom stereocenters. The van der Waals surface area contributed by atoms with Crippen molar-refractivity contribution in [2.75, 3.05) is 26.2 Å². The fourth-order valence-corrected chi connectivity index (χ4v) is 3.56. The van der Waals surface area contributed by atoms with E-state index in [1.807, 2.05) is 6.07 Å². The molecule has 0 aliphatic carbocycles. The van der Waals surface area contributed by atoms with Crippen LogP contribution < -0.4 is 0 Å². The molecule has 1 N–H and O–H groups in total. The monoisotopic (exact) mass is 274 g/mol. The largest absolute Gasteiger partial charge is 0.481 e. The Morgan fingerprint density at radius 1 is 1.20 bits per heavy atom. The number of hydrogen-bond acceptors (Lipinski definition) is 3. The number of hydrogen-bond donors (Lipinski definition) is 1. The number of rotatable bonds is 3. The van der Waals surface area contributed by atoms with Crippen LogP contribution in [0.15, 0.2) is 30.3 Å². The van der Waals surface area contributed by atoms with Gasteiger partial charge in [0.25, 0.3) is 0 Å². The van der Waals surface area contributed by atoms with Gasteiger partial charge >= 0.3 is 5.97 Å². The fourth-order valence-electron chi connectivity index (χ4n) is 3.56. The summed E-state index contributed by atoms with van der Waals surface area (Å²) in [5.74, 6) is -0.814. The minimum atomic E-state index is -0.626. The van der Waals surface area contributed by atoms with Crippen molar-refractivity contribution in [1.29, 1.82) is 0 Å². The predicted molar refractivity (Wildman–Crippen MR) is 77.4 cm³/mol. The van der Waals surface area contributed by atoms with Gasteiger partial charge in [-0.25, -0.2) is 0 Å². The molecule has 2 fully saturated rings. The lowest BCUT2D eigenvalue weighted by Crippen LogP contribution is -2.42. The van der Waals surface area contributed by atoms with Crippen LogP contribution in [0.1, 0.15) is 18.4 Å². The molecule has 1 aromatic carbocycles. The van der Waals surface area contributed by atoms with Crippen LogP contribution in [-0.4, -0.2) is 53.1 Å². The molecule has 2 aliphatic heterocycles. The molecule has 0 radical (unpaired) electrons. The molecule has 3 rings (SSSR count). The van der Waals surface area contributed by atoms with Gasteiger partial charge in [0.1, 0.15) is 0 Å². The fraction of sp³-hybridized carbons (Fsp3) is 0.562. The molecular weight excluding hydrogens is 252 g/mol. The van der Waals surface area contributed by atoms with Crippen molar-refractivity contribution in [3.05, 3.63) is 35.9 Å². The molecule has 4 nitrogen and oxygen atoms in total. The standard InChI is InChI=1S/C16H22N2O2/c19-16(20)14-7-10-18-9-4-8-17(12-15(14)18)11-13-5-2-1-3-6-13/h1-3,5-6,14-15H,4,7-12H2,(H,19,20). The molecule has 0 saturated carbocycles. The molecule has 1 aromatic rings. The number of fused-ring (bicyclic) bond motifs is 1. The summed E-state index contributed by atoms with van der Waals surface area (Å²) < 4.78 is 0. The van der Waals surface area contributed by atoms with Gasteiger partial charge in [0.05, 0.1) is 5.92 Å². The van der Waals surface area contributed by atoms with Gasteiger partial charge in [0, 0.05) is 19.1 Å². The van der Waals surface area contributed by atoms with Crippen molar-refractivity contribution in [3.8, 4) is 0 Å². The number of carbonyl (C=O) groups is 1. The third-order valence-corrected chi connectivity index (χ3v) is 4.59. The zero-order valence-electron chi connectivity index (χ0n) is 11.7. The van der Waals surface area contributed by atoms with E-state index in [2.05, 4.69) is 34.1 Å². The van der Waals surface area contributed by atoms with Gasteiger partial charge in [-0.1, -0.05) is 30.3 Å². The summed E-state index contributed by atoms with van der Waals surface area (Å²) in [6.45, 7) is 4.86. The van der Waals surface area contributed by atoms with Gasteiger partial charge in [-0.3, -0.25) is 14.6 Å². The Balaban J connectivity index is 1.69. The first kappa shape index (κ1) is 13.6. The third-order valence-electron chi connectivity index (χ3n) is 4.59. The van der Waals surface area contributed by atoms with Crippen LogP contribution in [0.3, 0.4) is 0 Å². The predicted octanol–water partition coefficient (Wildman–Crippen LogP) is 1.67. The van der Waals surface area contributed by atoms with Crippen LogP contribution in [0.25, 0.3) is 0 Å². The van der Waals surface area contributed by atoms with Crippen molar-refractivity contribution in [2.24, 2.45) is 5.92 Å². The van der Waals surface area contributed by atoms with Crippen molar-refractivity contribution in [2.45, 2.75) is 25.4 Å². The van der Waals surface area contributed by atoms with Crippen LogP contribution in [0, 0.1) is 5.92 Å². The topological polar surface area (TPSA) is 43.8 Å². The maximum atomic E-state index is 11.4. The van der Waals surface area contributed by atoms with Crippen LogP contribution in [0.5, 0.6) is 0 Å². The van der Waals surface area contributed by atoms with Gasteiger partial charge < -0.3 is 5.11 Å². The van der Waals surface area contributed by atoms with Crippen molar-refractivity contribution >= 4 is 5.97 Å². The highest BCUT2D eigenvalue weighted by atomic mass is 16.4. The highest BCUT2D eigenvalue weighted by Gasteiger charge is 2.40. The smallest absolute Gasteiger partial charge is 0.308 e. The van der Waals surface area contributed by atoms with Crippen molar-refractivity contribution in [3.63, 3.8) is 0 Å². The highest BCUT2D eigenvalue weighted by molar-refractivity contribution is 5.71. The lowest BCUT2D eigenvalue weighted by Gasteiger charge is -2.28. The first-order chi connectivity index (χ1) is 9.74. The molecule has 0 aromatic heterocycles. The van der Waals surface area contributed by atoms with Crippen molar-refractivity contribution in [1.82, 2.24) is 9.80 Å². The number of nitrogens with zero attached hydrogens (tertiary/aromatic N) is 2. The summed E-state index contributed by atoms with van der Waals surface area (Å²) in [6.07, 6.45) is 1.94. The molecule has 4 heteroatoms. The quantitative estimate of drug-likeness (QED) is 0.910. The van der Waals surface area contributed by atoms with E-state index in [0.717, 1.165) is 45.6 Å². The normalized spacial score (nSPS) is 28.0. The Bertz CT molecular complexity index is 463. The van der Waals surface area contributed by atoms with Gasteiger partial charge in [0.15, 0.2) is 0 Å². The average molecular weight is 274 g/mol. The Morgan fingerprint density at radius 3 is 2.75 bits per heavy atom. The summed E-state index contributed by atoms with van der Waals surface area (Å²) in [7, 11) is 0. The second kappa shape index (κ2) is 5.94. The summed E-state index contributed by atoms with van der Waals surface area (Å²) in [5, 5.41) is 9.37. The molecule has 20 heavy (non-hydrogen) atoms. The molecule has 2 heterocycles. The minimum absolute atomic E-state index is 0.189. The number of aliphatic carboxylic acids is 1. The Hall–Kier alpha value is -1.39. The second-order valence-corrected chi connectivity index (χ2v) is 5.91. The maximum Gasteiger partial charge on any atom is 0.308 e. The van der Waals surface area contributed by atoms with E-state index in [4.69, 9.17) is 0 Å². The van der Waals surface area contributed by atoms with E-state index < -0.39 is 5.97 Å². The molecule has 0 spiro atoms. The first-order valence-electron chi connectivity index (χ1n) is 7.47. The van der Waals surface area contributed by atoms with Crippen LogP contribution >= 0.6 is 0 Å². The zero-order chi connectivity index (χ0) is 13.9. The van der Waals surface area contributed by atoms with Gasteiger partial charge in [-0.05, 0) is 38.0 Å². The number of carboxylic acid groups (broad SMARTS) is 1. The van der Waals surface area contributed by atoms with E-state index >= 15 is 0 Å². The molecule has 108 valence electrons. The van der Waals surface area contributed by atoms with Gasteiger partial charge in [-0.15, -0.1) is 0 Å². The summed E-state index contributed by atoms with van der Waals surface area (Å²) in [6, 6.07) is 10.6. The Kier molecular flexibility index (Phi) is 4.03. The molecule has 0 amide bonds. The molecule has 2 saturated heterocycles. The van der Waals surface area contributed by atoms with E-state index in [1.54, 1.807) is 0 Å². The molecule has 2 aliphatic rings. The van der Waals surface area contributed by atoms with Crippen molar-refractivity contribution < 1.29 is 9.90 Å². The van der Waals surface area contributed by atoms with Crippen LogP contribution in [-0.2, 0) is 11.3 Å². The minimum Gasteiger partial charge on any atom is -0.481 e. The lowest BCUT2D eigenvalue weighted by molar-refractivity contribution is -0.142. The van der Waals surface area contributed by atoms with Gasteiger partial charge in [0.2, 0.25) is 0 Å². The zero-order valence-corrected chi connectivity index (χ0v) is 11.7. The highest BCUT2D eigenvalue weighted by Crippen LogP contribution is 2.28. The van der Waals surface area contributed by atoms with E-state index in [1.165, 1.54) is 5.56 Å². The molecule has 2 atom stereocenters. The third kappa shape index (κ3) is 2.86.